The molecule has 1 saturated heterocycles. The number of nitrogens with zero attached hydrogens (tertiary/aromatic N) is 4. The Hall–Kier alpha value is -2.35. The lowest BCUT2D eigenvalue weighted by molar-refractivity contribution is -0.140. The number of nitrogens with one attached hydrogen (secondary N) is 1. The zero-order valence-electron chi connectivity index (χ0n) is 16.6. The third-order valence-corrected chi connectivity index (χ3v) is 6.20. The number of methoxy groups -OCH3 is 1. The second-order valence-corrected chi connectivity index (χ2v) is 8.03. The van der Waals surface area contributed by atoms with E-state index in [0.717, 1.165) is 42.8 Å². The minimum atomic E-state index is -0.210. The SMILES string of the molecule is COC(=O)CCNC[C@@H]1CCCN1c1cc(-n2ccnc2)c2ccc(Cl)c(Cl)c2n1. The lowest BCUT2D eigenvalue weighted by Gasteiger charge is -2.27. The number of anilines is 1. The van der Waals surface area contributed by atoms with Gasteiger partial charge in [-0.1, -0.05) is 23.2 Å². The first kappa shape index (κ1) is 20.9. The summed E-state index contributed by atoms with van der Waals surface area (Å²) in [7, 11) is 1.40. The van der Waals surface area contributed by atoms with Gasteiger partial charge in [0.1, 0.15) is 5.82 Å². The fraction of sp³-hybridized carbons (Fsp3) is 0.381. The highest BCUT2D eigenvalue weighted by atomic mass is 35.5. The van der Waals surface area contributed by atoms with Gasteiger partial charge in [-0.15, -0.1) is 0 Å². The van der Waals surface area contributed by atoms with Crippen molar-refractivity contribution in [2.75, 3.05) is 31.6 Å². The lowest BCUT2D eigenvalue weighted by Crippen LogP contribution is -2.39. The molecule has 9 heteroatoms. The van der Waals surface area contributed by atoms with Gasteiger partial charge in [0.2, 0.25) is 0 Å². The van der Waals surface area contributed by atoms with E-state index in [-0.39, 0.29) is 12.0 Å². The molecule has 1 fully saturated rings. The lowest BCUT2D eigenvalue weighted by atomic mass is 10.1. The number of carbonyl (C=O) groups excluding carboxylic acids is 1. The number of ether oxygens (including phenoxy) is 1. The summed E-state index contributed by atoms with van der Waals surface area (Å²) >= 11 is 12.8. The molecule has 0 aliphatic carbocycles. The second kappa shape index (κ2) is 9.20. The highest BCUT2D eigenvalue weighted by Crippen LogP contribution is 2.36. The maximum Gasteiger partial charge on any atom is 0.306 e. The van der Waals surface area contributed by atoms with Crippen LogP contribution in [0.1, 0.15) is 19.3 Å². The van der Waals surface area contributed by atoms with Crippen molar-refractivity contribution < 1.29 is 9.53 Å². The molecule has 0 saturated carbocycles. The number of imidazole rings is 1. The molecular formula is C21H23Cl2N5O2. The number of hydrogen-bond donors (Lipinski definition) is 1. The molecule has 1 aliphatic heterocycles. The molecule has 3 aromatic rings. The predicted octanol–water partition coefficient (Wildman–Crippen LogP) is 3.85. The van der Waals surface area contributed by atoms with Crippen molar-refractivity contribution in [1.29, 1.82) is 0 Å². The number of benzene rings is 1. The molecule has 0 spiro atoms. The summed E-state index contributed by atoms with van der Waals surface area (Å²) < 4.78 is 6.65. The van der Waals surface area contributed by atoms with Crippen LogP contribution in [0.2, 0.25) is 10.0 Å². The smallest absolute Gasteiger partial charge is 0.306 e. The van der Waals surface area contributed by atoms with Gasteiger partial charge >= 0.3 is 5.97 Å². The monoisotopic (exact) mass is 447 g/mol. The molecule has 1 aliphatic rings. The van der Waals surface area contributed by atoms with Gasteiger partial charge in [0.05, 0.1) is 41.1 Å². The van der Waals surface area contributed by atoms with E-state index in [4.69, 9.17) is 32.9 Å². The number of aromatic nitrogens is 3. The standard InChI is InChI=1S/C21H23Cl2N5O2/c1-30-19(29)6-7-24-12-14-3-2-9-28(14)18-11-17(27-10-8-25-13-27)15-4-5-16(22)20(23)21(15)26-18/h4-5,8,10-11,13-14,24H,2-3,6-7,9,12H2,1H3/t14-/m0/s1. The van der Waals surface area contributed by atoms with E-state index in [2.05, 4.69) is 21.3 Å². The fourth-order valence-corrected chi connectivity index (χ4v) is 4.24. The predicted molar refractivity (Wildman–Crippen MR) is 119 cm³/mol. The average molecular weight is 448 g/mol. The molecule has 7 nitrogen and oxygen atoms in total. The Morgan fingerprint density at radius 3 is 3.00 bits per heavy atom. The summed E-state index contributed by atoms with van der Waals surface area (Å²) in [6.45, 7) is 2.26. The Morgan fingerprint density at radius 2 is 2.23 bits per heavy atom. The van der Waals surface area contributed by atoms with E-state index in [1.807, 2.05) is 16.8 Å². The zero-order valence-corrected chi connectivity index (χ0v) is 18.2. The van der Waals surface area contributed by atoms with Crippen LogP contribution in [-0.2, 0) is 9.53 Å². The molecule has 0 bridgehead atoms. The van der Waals surface area contributed by atoms with Crippen molar-refractivity contribution in [3.63, 3.8) is 0 Å². The molecule has 1 aromatic carbocycles. The van der Waals surface area contributed by atoms with Gasteiger partial charge in [0, 0.05) is 49.5 Å². The molecule has 158 valence electrons. The number of fused-ring (bicyclic) bond motifs is 1. The normalized spacial score (nSPS) is 16.4. The maximum absolute atomic E-state index is 11.3. The van der Waals surface area contributed by atoms with Crippen LogP contribution in [0.15, 0.2) is 36.9 Å². The van der Waals surface area contributed by atoms with Crippen molar-refractivity contribution in [3.05, 3.63) is 47.0 Å². The van der Waals surface area contributed by atoms with Crippen LogP contribution in [0, 0.1) is 0 Å². The number of esters is 1. The van der Waals surface area contributed by atoms with Gasteiger partial charge in [-0.05, 0) is 25.0 Å². The number of halogens is 2. The third-order valence-electron chi connectivity index (χ3n) is 5.40. The van der Waals surface area contributed by atoms with Gasteiger partial charge < -0.3 is 19.5 Å². The summed E-state index contributed by atoms with van der Waals surface area (Å²) in [5.41, 5.74) is 1.63. The second-order valence-electron chi connectivity index (χ2n) is 7.25. The minimum Gasteiger partial charge on any atom is -0.469 e. The van der Waals surface area contributed by atoms with E-state index in [1.54, 1.807) is 18.6 Å². The first-order chi connectivity index (χ1) is 14.6. The van der Waals surface area contributed by atoms with Crippen LogP contribution < -0.4 is 10.2 Å². The van der Waals surface area contributed by atoms with E-state index in [1.165, 1.54) is 7.11 Å². The Labute approximate surface area is 184 Å². The quantitative estimate of drug-likeness (QED) is 0.438. The van der Waals surface area contributed by atoms with Crippen molar-refractivity contribution in [2.24, 2.45) is 0 Å². The summed E-state index contributed by atoms with van der Waals surface area (Å²) in [6, 6.07) is 6.07. The first-order valence-corrected chi connectivity index (χ1v) is 10.7. The molecule has 0 radical (unpaired) electrons. The van der Waals surface area contributed by atoms with Crippen LogP contribution in [0.3, 0.4) is 0 Å². The summed E-state index contributed by atoms with van der Waals surface area (Å²) in [6.07, 6.45) is 7.89. The van der Waals surface area contributed by atoms with Gasteiger partial charge in [-0.3, -0.25) is 4.79 Å². The van der Waals surface area contributed by atoms with E-state index in [0.29, 0.717) is 28.5 Å². The largest absolute Gasteiger partial charge is 0.469 e. The Bertz CT molecular complexity index is 1040. The fourth-order valence-electron chi connectivity index (χ4n) is 3.88. The van der Waals surface area contributed by atoms with Gasteiger partial charge in [-0.25, -0.2) is 9.97 Å². The molecule has 0 amide bonds. The third kappa shape index (κ3) is 4.24. The molecule has 4 rings (SSSR count). The number of hydrogen-bond acceptors (Lipinski definition) is 6. The molecule has 30 heavy (non-hydrogen) atoms. The maximum atomic E-state index is 11.3. The summed E-state index contributed by atoms with van der Waals surface area (Å²) in [5.74, 6) is 0.645. The van der Waals surface area contributed by atoms with Gasteiger partial charge in [-0.2, -0.15) is 0 Å². The number of rotatable bonds is 7. The molecule has 3 heterocycles. The Kier molecular flexibility index (Phi) is 6.41. The highest BCUT2D eigenvalue weighted by molar-refractivity contribution is 6.45. The van der Waals surface area contributed by atoms with E-state index < -0.39 is 0 Å². The van der Waals surface area contributed by atoms with Crippen LogP contribution >= 0.6 is 23.2 Å². The van der Waals surface area contributed by atoms with E-state index in [9.17, 15) is 4.79 Å². The van der Waals surface area contributed by atoms with Crippen molar-refractivity contribution in [1.82, 2.24) is 19.9 Å². The van der Waals surface area contributed by atoms with Crippen LogP contribution in [0.25, 0.3) is 16.6 Å². The highest BCUT2D eigenvalue weighted by Gasteiger charge is 2.27. The van der Waals surface area contributed by atoms with Crippen LogP contribution in [-0.4, -0.2) is 53.3 Å². The molecule has 1 N–H and O–H groups in total. The molecule has 1 atom stereocenters. The summed E-state index contributed by atoms with van der Waals surface area (Å²) in [5, 5.41) is 5.20. The number of carbonyl (C=O) groups is 1. The average Bonchev–Trinajstić information content (AvgIpc) is 3.45. The Morgan fingerprint density at radius 1 is 1.37 bits per heavy atom. The first-order valence-electron chi connectivity index (χ1n) is 9.89. The molecule has 2 aromatic heterocycles. The van der Waals surface area contributed by atoms with Gasteiger partial charge in [0.25, 0.3) is 0 Å². The topological polar surface area (TPSA) is 72.3 Å². The Balaban J connectivity index is 1.64. The van der Waals surface area contributed by atoms with Crippen molar-refractivity contribution in [2.45, 2.75) is 25.3 Å². The van der Waals surface area contributed by atoms with Crippen molar-refractivity contribution >= 4 is 45.9 Å². The van der Waals surface area contributed by atoms with Gasteiger partial charge in [0.15, 0.2) is 0 Å². The van der Waals surface area contributed by atoms with Crippen LogP contribution in [0.4, 0.5) is 5.82 Å². The molecular weight excluding hydrogens is 425 g/mol. The minimum absolute atomic E-state index is 0.210. The zero-order chi connectivity index (χ0) is 21.1. The van der Waals surface area contributed by atoms with Crippen molar-refractivity contribution in [3.8, 4) is 5.69 Å². The molecule has 0 unspecified atom stereocenters. The number of pyridine rings is 1. The van der Waals surface area contributed by atoms with Crippen LogP contribution in [0.5, 0.6) is 0 Å². The summed E-state index contributed by atoms with van der Waals surface area (Å²) in [4.78, 5) is 22.7. The van der Waals surface area contributed by atoms with E-state index >= 15 is 0 Å².